The van der Waals surface area contributed by atoms with Gasteiger partial charge in [0.1, 0.15) is 6.61 Å². The molecule has 0 spiro atoms. The molecule has 4 nitrogen and oxygen atoms in total. The van der Waals surface area contributed by atoms with E-state index in [1.165, 1.54) is 0 Å². The van der Waals surface area contributed by atoms with Crippen LogP contribution in [-0.2, 0) is 32.2 Å². The highest BCUT2D eigenvalue weighted by Gasteiger charge is 2.28. The van der Waals surface area contributed by atoms with Gasteiger partial charge in [-0.2, -0.15) is 0 Å². The molecule has 1 aliphatic heterocycles. The first kappa shape index (κ1) is 17.6. The van der Waals surface area contributed by atoms with Crippen molar-refractivity contribution < 1.29 is 19.0 Å². The van der Waals surface area contributed by atoms with Gasteiger partial charge in [-0.25, -0.2) is 0 Å². The fourth-order valence-electron chi connectivity index (χ4n) is 2.85. The van der Waals surface area contributed by atoms with Crippen molar-refractivity contribution in [3.05, 3.63) is 71.8 Å². The predicted octanol–water partition coefficient (Wildman–Crippen LogP) is 3.74. The summed E-state index contributed by atoms with van der Waals surface area (Å²) in [5.74, 6) is -0.346. The third-order valence-corrected chi connectivity index (χ3v) is 4.34. The Morgan fingerprint density at radius 3 is 2.16 bits per heavy atom. The average Bonchev–Trinajstić information content (AvgIpc) is 2.68. The van der Waals surface area contributed by atoms with Crippen molar-refractivity contribution in [1.82, 2.24) is 0 Å². The third-order valence-electron chi connectivity index (χ3n) is 4.34. The number of rotatable bonds is 7. The van der Waals surface area contributed by atoms with Crippen LogP contribution in [0.5, 0.6) is 0 Å². The van der Waals surface area contributed by atoms with Gasteiger partial charge in [0, 0.05) is 0 Å². The first-order valence-corrected chi connectivity index (χ1v) is 8.75. The number of ether oxygens (including phenoxy) is 3. The van der Waals surface area contributed by atoms with E-state index in [1.807, 2.05) is 60.7 Å². The molecule has 0 bridgehead atoms. The highest BCUT2D eigenvalue weighted by atomic mass is 16.5. The van der Waals surface area contributed by atoms with Crippen molar-refractivity contribution in [3.63, 3.8) is 0 Å². The van der Waals surface area contributed by atoms with Crippen LogP contribution in [0.25, 0.3) is 0 Å². The molecule has 1 fully saturated rings. The lowest BCUT2D eigenvalue weighted by Gasteiger charge is -2.27. The Labute approximate surface area is 148 Å². The zero-order valence-electron chi connectivity index (χ0n) is 14.3. The predicted molar refractivity (Wildman–Crippen MR) is 94.8 cm³/mol. The molecule has 2 aromatic rings. The van der Waals surface area contributed by atoms with Gasteiger partial charge in [0.15, 0.2) is 0 Å². The van der Waals surface area contributed by atoms with Gasteiger partial charge in [-0.3, -0.25) is 4.79 Å². The fraction of sp³-hybridized carbons (Fsp3) is 0.381. The molecule has 2 aromatic carbocycles. The number of carbonyl (C=O) groups is 1. The molecule has 0 aliphatic carbocycles. The van der Waals surface area contributed by atoms with Crippen LogP contribution in [0, 0.1) is 5.92 Å². The second-order valence-electron chi connectivity index (χ2n) is 6.32. The molecule has 1 aliphatic rings. The van der Waals surface area contributed by atoms with E-state index in [2.05, 4.69) is 0 Å². The largest absolute Gasteiger partial charge is 0.461 e. The van der Waals surface area contributed by atoms with Gasteiger partial charge in [0.05, 0.1) is 31.8 Å². The van der Waals surface area contributed by atoms with Gasteiger partial charge in [0.2, 0.25) is 0 Å². The lowest BCUT2D eigenvalue weighted by atomic mass is 9.99. The summed E-state index contributed by atoms with van der Waals surface area (Å²) in [5, 5.41) is 0. The monoisotopic (exact) mass is 340 g/mol. The molecule has 0 radical (unpaired) electrons. The molecule has 3 rings (SSSR count). The maximum atomic E-state index is 12.1. The molecule has 0 amide bonds. The Kier molecular flexibility index (Phi) is 6.60. The van der Waals surface area contributed by atoms with Crippen molar-refractivity contribution in [2.45, 2.75) is 32.2 Å². The Morgan fingerprint density at radius 1 is 0.920 bits per heavy atom. The van der Waals surface area contributed by atoms with E-state index >= 15 is 0 Å². The van der Waals surface area contributed by atoms with Crippen molar-refractivity contribution in [1.29, 1.82) is 0 Å². The van der Waals surface area contributed by atoms with Crippen LogP contribution in [0.15, 0.2) is 60.7 Å². The van der Waals surface area contributed by atoms with E-state index in [0.717, 1.165) is 24.0 Å². The van der Waals surface area contributed by atoms with E-state index in [0.29, 0.717) is 26.4 Å². The molecule has 0 saturated carbocycles. The summed E-state index contributed by atoms with van der Waals surface area (Å²) in [4.78, 5) is 12.1. The summed E-state index contributed by atoms with van der Waals surface area (Å²) in [6, 6.07) is 19.8. The number of carbonyl (C=O) groups excluding carboxylic acids is 1. The Morgan fingerprint density at radius 2 is 1.56 bits per heavy atom. The first-order chi connectivity index (χ1) is 12.3. The molecule has 132 valence electrons. The minimum Gasteiger partial charge on any atom is -0.461 e. The quantitative estimate of drug-likeness (QED) is 0.720. The van der Waals surface area contributed by atoms with Crippen molar-refractivity contribution in [2.24, 2.45) is 5.92 Å². The van der Waals surface area contributed by atoms with Crippen LogP contribution in [0.2, 0.25) is 0 Å². The summed E-state index contributed by atoms with van der Waals surface area (Å²) in [5.41, 5.74) is 2.15. The second kappa shape index (κ2) is 9.35. The summed E-state index contributed by atoms with van der Waals surface area (Å²) in [6.07, 6.45) is 1.66. The van der Waals surface area contributed by atoms with Crippen LogP contribution in [0.4, 0.5) is 0 Å². The van der Waals surface area contributed by atoms with E-state index in [9.17, 15) is 4.79 Å². The second-order valence-corrected chi connectivity index (χ2v) is 6.32. The highest BCUT2D eigenvalue weighted by molar-refractivity contribution is 5.72. The SMILES string of the molecule is O=C(OCc1ccccc1)C1CCC(COCc2ccccc2)OC1. The number of esters is 1. The molecule has 1 heterocycles. The summed E-state index contributed by atoms with van der Waals surface area (Å²) < 4.78 is 16.9. The Bertz CT molecular complexity index is 633. The van der Waals surface area contributed by atoms with Crippen molar-refractivity contribution in [3.8, 4) is 0 Å². The third kappa shape index (κ3) is 5.69. The standard InChI is InChI=1S/C21H24O4/c22-21(25-14-18-9-5-2-6-10-18)19-11-12-20(24-15-19)16-23-13-17-7-3-1-4-8-17/h1-10,19-20H,11-16H2. The maximum absolute atomic E-state index is 12.1. The molecular formula is C21H24O4. The first-order valence-electron chi connectivity index (χ1n) is 8.75. The molecule has 1 saturated heterocycles. The zero-order valence-corrected chi connectivity index (χ0v) is 14.3. The Hall–Kier alpha value is -2.17. The zero-order chi connectivity index (χ0) is 17.3. The Balaban J connectivity index is 1.33. The highest BCUT2D eigenvalue weighted by Crippen LogP contribution is 2.21. The number of benzene rings is 2. The van der Waals surface area contributed by atoms with E-state index < -0.39 is 0 Å². The minimum absolute atomic E-state index is 0.0573. The molecule has 2 atom stereocenters. The maximum Gasteiger partial charge on any atom is 0.311 e. The van der Waals surface area contributed by atoms with Crippen LogP contribution < -0.4 is 0 Å². The molecule has 25 heavy (non-hydrogen) atoms. The average molecular weight is 340 g/mol. The number of hydrogen-bond donors (Lipinski definition) is 0. The lowest BCUT2D eigenvalue weighted by molar-refractivity contribution is -0.158. The smallest absolute Gasteiger partial charge is 0.311 e. The van der Waals surface area contributed by atoms with Crippen molar-refractivity contribution >= 4 is 5.97 Å². The lowest BCUT2D eigenvalue weighted by Crippen LogP contribution is -2.34. The van der Waals surface area contributed by atoms with Gasteiger partial charge < -0.3 is 14.2 Å². The molecular weight excluding hydrogens is 316 g/mol. The summed E-state index contributed by atoms with van der Waals surface area (Å²) in [7, 11) is 0. The van der Waals surface area contributed by atoms with Gasteiger partial charge >= 0.3 is 5.97 Å². The van der Waals surface area contributed by atoms with E-state index in [4.69, 9.17) is 14.2 Å². The fourth-order valence-corrected chi connectivity index (χ4v) is 2.85. The van der Waals surface area contributed by atoms with E-state index in [-0.39, 0.29) is 18.0 Å². The van der Waals surface area contributed by atoms with Gasteiger partial charge in [-0.1, -0.05) is 60.7 Å². The summed E-state index contributed by atoms with van der Waals surface area (Å²) >= 11 is 0. The van der Waals surface area contributed by atoms with Crippen LogP contribution >= 0.6 is 0 Å². The molecule has 0 aromatic heterocycles. The van der Waals surface area contributed by atoms with Crippen LogP contribution in [0.1, 0.15) is 24.0 Å². The number of hydrogen-bond acceptors (Lipinski definition) is 4. The molecule has 4 heteroatoms. The van der Waals surface area contributed by atoms with Crippen LogP contribution in [0.3, 0.4) is 0 Å². The normalized spacial score (nSPS) is 20.2. The van der Waals surface area contributed by atoms with Gasteiger partial charge in [-0.05, 0) is 24.0 Å². The minimum atomic E-state index is -0.174. The summed E-state index contributed by atoms with van der Waals surface area (Å²) in [6.45, 7) is 1.87. The molecule has 2 unspecified atom stereocenters. The van der Waals surface area contributed by atoms with Crippen LogP contribution in [-0.4, -0.2) is 25.3 Å². The topological polar surface area (TPSA) is 44.8 Å². The molecule has 0 N–H and O–H groups in total. The van der Waals surface area contributed by atoms with E-state index in [1.54, 1.807) is 0 Å². The van der Waals surface area contributed by atoms with Gasteiger partial charge in [0.25, 0.3) is 0 Å². The van der Waals surface area contributed by atoms with Crippen molar-refractivity contribution in [2.75, 3.05) is 13.2 Å². The van der Waals surface area contributed by atoms with Gasteiger partial charge in [-0.15, -0.1) is 0 Å².